The van der Waals surface area contributed by atoms with Crippen LogP contribution in [0.4, 0.5) is 0 Å². The van der Waals surface area contributed by atoms with Crippen LogP contribution in [0.1, 0.15) is 70.1 Å². The van der Waals surface area contributed by atoms with Gasteiger partial charge in [-0.3, -0.25) is 34.0 Å². The quantitative estimate of drug-likeness (QED) is 0.0484. The molecule has 0 aliphatic rings. The standard InChI is InChI=1S/C20H28N8O4S.C4H11N3.C3H7NO.C2H6/c1-11(27-16(30)10-26-18(32)12(21)5-4-8-24-20(22)23)17(31)25-9-14(29)19-28-13-6-2-3-7-15(13)33-19;1-2-3-7-4(5)6;1-2-3(4)5;1-2/h2-3,6-7,11-12H,4-5,8-10,21H2,1H3,(H,25,31)(H,26,32)(H,27,30)(H4,22,23,24);2-3H2,1H3,(H4,5,6,7);2H2,1H3,(H2,4,5);1-2H3. The number of amides is 4. The Labute approximate surface area is 279 Å². The molecule has 0 bridgehead atoms. The summed E-state index contributed by atoms with van der Waals surface area (Å²) in [6, 6.07) is 5.61. The van der Waals surface area contributed by atoms with E-state index in [1.54, 1.807) is 13.0 Å². The monoisotopic (exact) mass is 680 g/mol. The normalized spacial score (nSPS) is 10.9. The number of hydrogen-bond donors (Lipinski definition) is 9. The van der Waals surface area contributed by atoms with E-state index in [1.807, 2.05) is 39.0 Å². The SMILES string of the molecule is CC.CC(NC(=O)CNC(=O)C(N)CCCN=C(N)N)C(=O)NCC(=O)c1nc2ccccc2s1.CCC(N)=O.CCCN=C(N)N. The van der Waals surface area contributed by atoms with Crippen LogP contribution in [0.5, 0.6) is 0 Å². The molecule has 0 spiro atoms. The van der Waals surface area contributed by atoms with E-state index in [0.717, 1.165) is 17.7 Å². The Kier molecular flexibility index (Phi) is 24.9. The number of benzene rings is 1. The van der Waals surface area contributed by atoms with Crippen LogP contribution in [0.25, 0.3) is 10.2 Å². The molecular formula is C29H52N12O5S. The summed E-state index contributed by atoms with van der Waals surface area (Å²) in [6.45, 7) is 9.70. The molecule has 1 heterocycles. The highest BCUT2D eigenvalue weighted by atomic mass is 32.1. The summed E-state index contributed by atoms with van der Waals surface area (Å²) in [5, 5.41) is 7.63. The fourth-order valence-corrected chi connectivity index (χ4v) is 3.84. The summed E-state index contributed by atoms with van der Waals surface area (Å²) in [7, 11) is 0. The molecule has 1 aromatic heterocycles. The predicted octanol–water partition coefficient (Wildman–Crippen LogP) is -0.825. The van der Waals surface area contributed by atoms with Crippen LogP contribution in [0, 0.1) is 0 Å². The van der Waals surface area contributed by atoms with Crippen LogP contribution in [-0.4, -0.2) is 84.6 Å². The molecule has 0 saturated heterocycles. The van der Waals surface area contributed by atoms with Crippen molar-refractivity contribution in [2.45, 2.75) is 72.4 Å². The van der Waals surface area contributed by atoms with Crippen molar-refractivity contribution in [2.75, 3.05) is 26.2 Å². The number of rotatable bonds is 15. The molecule has 0 saturated carbocycles. The molecule has 2 unspecified atom stereocenters. The van der Waals surface area contributed by atoms with Crippen molar-refractivity contribution in [1.29, 1.82) is 0 Å². The molecule has 15 N–H and O–H groups in total. The van der Waals surface area contributed by atoms with Crippen LogP contribution in [-0.2, 0) is 19.2 Å². The molecule has 2 aromatic rings. The van der Waals surface area contributed by atoms with Crippen molar-refractivity contribution in [3.63, 3.8) is 0 Å². The van der Waals surface area contributed by atoms with Gasteiger partial charge in [0.25, 0.3) is 0 Å². The minimum atomic E-state index is -0.911. The lowest BCUT2D eigenvalue weighted by Gasteiger charge is -2.15. The Morgan fingerprint density at radius 2 is 1.43 bits per heavy atom. The number of primary amides is 1. The first-order valence-electron chi connectivity index (χ1n) is 15.1. The minimum Gasteiger partial charge on any atom is -0.370 e. The van der Waals surface area contributed by atoms with E-state index in [-0.39, 0.29) is 36.7 Å². The number of carbonyl (C=O) groups is 5. The highest BCUT2D eigenvalue weighted by molar-refractivity contribution is 7.20. The van der Waals surface area contributed by atoms with E-state index in [4.69, 9.17) is 28.7 Å². The molecule has 18 heteroatoms. The zero-order valence-electron chi connectivity index (χ0n) is 27.9. The van der Waals surface area contributed by atoms with Crippen LogP contribution >= 0.6 is 11.3 Å². The number of aromatic nitrogens is 1. The maximum Gasteiger partial charge on any atom is 0.242 e. The van der Waals surface area contributed by atoms with Crippen LogP contribution in [0.15, 0.2) is 34.3 Å². The molecule has 4 amide bonds. The Balaban J connectivity index is 0. The van der Waals surface area contributed by atoms with E-state index in [0.29, 0.717) is 36.3 Å². The first-order chi connectivity index (χ1) is 22.2. The van der Waals surface area contributed by atoms with Gasteiger partial charge in [-0.05, 0) is 38.3 Å². The number of para-hydroxylation sites is 1. The Morgan fingerprint density at radius 1 is 0.872 bits per heavy atom. The smallest absolute Gasteiger partial charge is 0.242 e. The summed E-state index contributed by atoms with van der Waals surface area (Å²) in [5.74, 6) is -2.05. The second kappa shape index (κ2) is 26.4. The largest absolute Gasteiger partial charge is 0.370 e. The van der Waals surface area contributed by atoms with Crippen molar-refractivity contribution in [2.24, 2.45) is 44.4 Å². The van der Waals surface area contributed by atoms with Crippen LogP contribution in [0.3, 0.4) is 0 Å². The lowest BCUT2D eigenvalue weighted by Crippen LogP contribution is -2.50. The lowest BCUT2D eigenvalue weighted by molar-refractivity contribution is -0.129. The number of nitrogens with one attached hydrogen (secondary N) is 3. The first-order valence-corrected chi connectivity index (χ1v) is 15.9. The predicted molar refractivity (Wildman–Crippen MR) is 187 cm³/mol. The Bertz CT molecular complexity index is 1270. The summed E-state index contributed by atoms with van der Waals surface area (Å²) in [4.78, 5) is 69.8. The van der Waals surface area contributed by atoms with Gasteiger partial charge in [-0.15, -0.1) is 11.3 Å². The maximum atomic E-state index is 12.3. The van der Waals surface area contributed by atoms with Gasteiger partial charge in [-0.2, -0.15) is 0 Å². The molecule has 0 fully saturated rings. The summed E-state index contributed by atoms with van der Waals surface area (Å²) < 4.78 is 0.878. The third-order valence-corrected chi connectivity index (χ3v) is 6.40. The number of nitrogens with zero attached hydrogens (tertiary/aromatic N) is 3. The average Bonchev–Trinajstić information content (AvgIpc) is 3.49. The van der Waals surface area contributed by atoms with E-state index < -0.39 is 29.8 Å². The summed E-state index contributed by atoms with van der Waals surface area (Å²) in [5.41, 5.74) is 31.6. The molecule has 2 atom stereocenters. The molecule has 2 rings (SSSR count). The fraction of sp³-hybridized carbons (Fsp3) is 0.517. The molecule has 0 aliphatic carbocycles. The second-order valence-electron chi connectivity index (χ2n) is 9.32. The zero-order valence-corrected chi connectivity index (χ0v) is 28.7. The molecule has 1 aromatic carbocycles. The number of hydrogen-bond acceptors (Lipinski definition) is 10. The van der Waals surface area contributed by atoms with E-state index in [2.05, 4.69) is 36.7 Å². The van der Waals surface area contributed by atoms with Gasteiger partial charge < -0.3 is 50.4 Å². The average molecular weight is 681 g/mol. The van der Waals surface area contributed by atoms with E-state index in [9.17, 15) is 24.0 Å². The maximum absolute atomic E-state index is 12.3. The number of guanidine groups is 2. The van der Waals surface area contributed by atoms with E-state index >= 15 is 0 Å². The fourth-order valence-electron chi connectivity index (χ4n) is 2.94. The van der Waals surface area contributed by atoms with Crippen molar-refractivity contribution >= 4 is 62.9 Å². The van der Waals surface area contributed by atoms with Crippen molar-refractivity contribution in [3.8, 4) is 0 Å². The topological polar surface area (TPSA) is 315 Å². The second-order valence-corrected chi connectivity index (χ2v) is 10.3. The number of aliphatic imine (C=N–C) groups is 2. The Hall–Kier alpha value is -4.84. The number of nitrogens with two attached hydrogens (primary N) is 6. The van der Waals surface area contributed by atoms with Gasteiger partial charge in [0.1, 0.15) is 6.04 Å². The highest BCUT2D eigenvalue weighted by Crippen LogP contribution is 2.21. The highest BCUT2D eigenvalue weighted by Gasteiger charge is 2.19. The van der Waals surface area contributed by atoms with Gasteiger partial charge in [0.15, 0.2) is 16.9 Å². The molecule has 0 radical (unpaired) electrons. The van der Waals surface area contributed by atoms with Crippen molar-refractivity contribution < 1.29 is 24.0 Å². The summed E-state index contributed by atoms with van der Waals surface area (Å²) >= 11 is 1.25. The molecule has 264 valence electrons. The van der Waals surface area contributed by atoms with Gasteiger partial charge in [0, 0.05) is 19.5 Å². The first kappa shape index (κ1) is 44.3. The van der Waals surface area contributed by atoms with Crippen LogP contribution < -0.4 is 50.4 Å². The molecule has 17 nitrogen and oxygen atoms in total. The Morgan fingerprint density at radius 3 is 1.94 bits per heavy atom. The summed E-state index contributed by atoms with van der Waals surface area (Å²) in [6.07, 6.45) is 2.29. The number of ketones is 1. The van der Waals surface area contributed by atoms with Gasteiger partial charge in [-0.25, -0.2) is 4.98 Å². The van der Waals surface area contributed by atoms with Gasteiger partial charge in [0.2, 0.25) is 29.4 Å². The molecular weight excluding hydrogens is 628 g/mol. The van der Waals surface area contributed by atoms with Gasteiger partial charge in [-0.1, -0.05) is 39.8 Å². The van der Waals surface area contributed by atoms with Crippen molar-refractivity contribution in [1.82, 2.24) is 20.9 Å². The molecule has 0 aliphatic heterocycles. The third-order valence-electron chi connectivity index (χ3n) is 5.32. The number of carbonyl (C=O) groups excluding carboxylic acids is 5. The van der Waals surface area contributed by atoms with Gasteiger partial charge >= 0.3 is 0 Å². The lowest BCUT2D eigenvalue weighted by atomic mass is 10.1. The zero-order chi connectivity index (χ0) is 36.4. The number of thiazole rings is 1. The molecule has 47 heavy (non-hydrogen) atoms. The van der Waals surface area contributed by atoms with Crippen molar-refractivity contribution in [3.05, 3.63) is 29.3 Å². The van der Waals surface area contributed by atoms with Crippen LogP contribution in [0.2, 0.25) is 0 Å². The van der Waals surface area contributed by atoms with E-state index in [1.165, 1.54) is 18.3 Å². The third kappa shape index (κ3) is 22.3. The number of fused-ring (bicyclic) bond motifs is 1. The number of Topliss-reactive ketones (excluding diaryl/α,β-unsaturated/α-hetero) is 1. The minimum absolute atomic E-state index is 0.0380. The van der Waals surface area contributed by atoms with Gasteiger partial charge in [0.05, 0.1) is 29.3 Å².